The zero-order chi connectivity index (χ0) is 8.20. The number of aliphatic hydroxyl groups excluding tert-OH is 1. The van der Waals surface area contributed by atoms with Crippen molar-refractivity contribution >= 4 is 5.84 Å². The van der Waals surface area contributed by atoms with Gasteiger partial charge in [-0.15, -0.1) is 0 Å². The van der Waals surface area contributed by atoms with Crippen molar-refractivity contribution in [1.82, 2.24) is 5.48 Å². The fraction of sp³-hybridized carbons (Fsp3) is 0.833. The van der Waals surface area contributed by atoms with E-state index in [1.54, 1.807) is 20.9 Å². The maximum Gasteiger partial charge on any atom is 0.128 e. The third-order valence-corrected chi connectivity index (χ3v) is 1.37. The lowest BCUT2D eigenvalue weighted by molar-refractivity contribution is 0.177. The van der Waals surface area contributed by atoms with E-state index in [9.17, 15) is 0 Å². The van der Waals surface area contributed by atoms with Crippen LogP contribution in [0, 0.1) is 5.41 Å². The lowest BCUT2D eigenvalue weighted by Crippen LogP contribution is -2.37. The van der Waals surface area contributed by atoms with Crippen molar-refractivity contribution in [3.05, 3.63) is 0 Å². The Hall–Kier alpha value is -0.610. The van der Waals surface area contributed by atoms with Crippen molar-refractivity contribution in [3.8, 4) is 0 Å². The van der Waals surface area contributed by atoms with Crippen molar-refractivity contribution in [1.29, 1.82) is 0 Å². The average molecular weight is 146 g/mol. The number of rotatable bonds is 2. The third kappa shape index (κ3) is 1.97. The summed E-state index contributed by atoms with van der Waals surface area (Å²) in [5.74, 6) is 0.384. The highest BCUT2D eigenvalue weighted by atomic mass is 16.5. The number of nitrogens with one attached hydrogen (secondary N) is 1. The van der Waals surface area contributed by atoms with Gasteiger partial charge in [-0.1, -0.05) is 13.8 Å². The zero-order valence-electron chi connectivity index (χ0n) is 6.55. The van der Waals surface area contributed by atoms with Crippen LogP contribution in [0.25, 0.3) is 0 Å². The molecule has 0 aromatic heterocycles. The summed E-state index contributed by atoms with van der Waals surface area (Å²) in [6.07, 6.45) is 0. The average Bonchev–Trinajstić information content (AvgIpc) is 1.90. The molecule has 4 nitrogen and oxygen atoms in total. The van der Waals surface area contributed by atoms with E-state index >= 15 is 0 Å². The number of amidine groups is 1. The summed E-state index contributed by atoms with van der Waals surface area (Å²) in [5.41, 5.74) is 1.44. The second-order valence-corrected chi connectivity index (χ2v) is 2.73. The summed E-state index contributed by atoms with van der Waals surface area (Å²) < 4.78 is 0. The van der Waals surface area contributed by atoms with Crippen LogP contribution < -0.4 is 5.48 Å². The molecule has 0 amide bonds. The summed E-state index contributed by atoms with van der Waals surface area (Å²) in [6, 6.07) is 0. The topological polar surface area (TPSA) is 64.9 Å². The molecule has 0 saturated carbocycles. The Morgan fingerprint density at radius 2 is 2.10 bits per heavy atom. The molecular weight excluding hydrogens is 132 g/mol. The first-order valence-electron chi connectivity index (χ1n) is 3.06. The van der Waals surface area contributed by atoms with Crippen LogP contribution in [0.15, 0.2) is 4.99 Å². The summed E-state index contributed by atoms with van der Waals surface area (Å²) in [5, 5.41) is 17.3. The van der Waals surface area contributed by atoms with Crippen LogP contribution in [0.2, 0.25) is 0 Å². The Bertz CT molecular complexity index is 132. The van der Waals surface area contributed by atoms with Crippen LogP contribution in [-0.4, -0.2) is 29.8 Å². The fourth-order valence-corrected chi connectivity index (χ4v) is 0.579. The number of hydrogen-bond donors (Lipinski definition) is 3. The molecule has 0 unspecified atom stereocenters. The Balaban J connectivity index is 4.28. The first-order valence-corrected chi connectivity index (χ1v) is 3.06. The SMILES string of the molecule is CN=C(NO)C(C)(C)CO. The normalized spacial score (nSPS) is 13.5. The molecule has 0 aromatic carbocycles. The Labute approximate surface area is 60.6 Å². The zero-order valence-corrected chi connectivity index (χ0v) is 6.55. The first-order chi connectivity index (χ1) is 4.58. The standard InChI is InChI=1S/C6H14N2O2/c1-6(2,4-9)5(7-3)8-10/h9-10H,4H2,1-3H3,(H,7,8). The van der Waals surface area contributed by atoms with Gasteiger partial charge < -0.3 is 5.11 Å². The molecule has 0 bridgehead atoms. The van der Waals surface area contributed by atoms with Gasteiger partial charge in [0, 0.05) is 12.5 Å². The van der Waals surface area contributed by atoms with Gasteiger partial charge in [0.15, 0.2) is 0 Å². The third-order valence-electron chi connectivity index (χ3n) is 1.37. The van der Waals surface area contributed by atoms with E-state index in [0.29, 0.717) is 5.84 Å². The molecule has 0 aliphatic carbocycles. The molecule has 0 rings (SSSR count). The quantitative estimate of drug-likeness (QED) is 0.292. The van der Waals surface area contributed by atoms with Crippen molar-refractivity contribution < 1.29 is 10.3 Å². The van der Waals surface area contributed by atoms with Gasteiger partial charge in [-0.05, 0) is 0 Å². The second kappa shape index (κ2) is 3.53. The summed E-state index contributed by atoms with van der Waals surface area (Å²) in [6.45, 7) is 3.50. The highest BCUT2D eigenvalue weighted by molar-refractivity contribution is 5.86. The van der Waals surface area contributed by atoms with Crippen LogP contribution in [0.5, 0.6) is 0 Å². The Kier molecular flexibility index (Phi) is 3.32. The minimum Gasteiger partial charge on any atom is -0.395 e. The summed E-state index contributed by atoms with van der Waals surface area (Å²) >= 11 is 0. The van der Waals surface area contributed by atoms with Crippen molar-refractivity contribution in [3.63, 3.8) is 0 Å². The lowest BCUT2D eigenvalue weighted by Gasteiger charge is -2.22. The lowest BCUT2D eigenvalue weighted by atomic mass is 9.93. The van der Waals surface area contributed by atoms with Crippen molar-refractivity contribution in [2.45, 2.75) is 13.8 Å². The largest absolute Gasteiger partial charge is 0.395 e. The Morgan fingerprint density at radius 1 is 1.60 bits per heavy atom. The molecule has 0 atom stereocenters. The van der Waals surface area contributed by atoms with Crippen LogP contribution in [0.4, 0.5) is 0 Å². The maximum absolute atomic E-state index is 8.79. The van der Waals surface area contributed by atoms with Crippen LogP contribution in [0.1, 0.15) is 13.8 Å². The molecule has 60 valence electrons. The number of nitrogens with zero attached hydrogens (tertiary/aromatic N) is 1. The van der Waals surface area contributed by atoms with Gasteiger partial charge >= 0.3 is 0 Å². The molecule has 0 spiro atoms. The predicted octanol–water partition coefficient (Wildman–Crippen LogP) is 0.0120. The highest BCUT2D eigenvalue weighted by Crippen LogP contribution is 2.13. The molecule has 0 aliphatic heterocycles. The van der Waals surface area contributed by atoms with E-state index < -0.39 is 5.41 Å². The number of aliphatic imine (C=N–C) groups is 1. The molecule has 0 aliphatic rings. The Morgan fingerprint density at radius 3 is 2.20 bits per heavy atom. The van der Waals surface area contributed by atoms with Gasteiger partial charge in [-0.25, -0.2) is 0 Å². The van der Waals surface area contributed by atoms with E-state index in [1.807, 2.05) is 5.48 Å². The molecule has 0 aromatic rings. The van der Waals surface area contributed by atoms with Gasteiger partial charge in [-0.2, -0.15) is 0 Å². The van der Waals surface area contributed by atoms with Gasteiger partial charge in [0.25, 0.3) is 0 Å². The summed E-state index contributed by atoms with van der Waals surface area (Å²) in [7, 11) is 1.55. The molecule has 4 heteroatoms. The molecular formula is C6H14N2O2. The van der Waals surface area contributed by atoms with Crippen molar-refractivity contribution in [2.75, 3.05) is 13.7 Å². The van der Waals surface area contributed by atoms with Gasteiger partial charge in [-0.3, -0.25) is 15.7 Å². The molecule has 0 radical (unpaired) electrons. The van der Waals surface area contributed by atoms with Gasteiger partial charge in [0.05, 0.1) is 6.61 Å². The number of hydrogen-bond acceptors (Lipinski definition) is 3. The van der Waals surface area contributed by atoms with Crippen LogP contribution >= 0.6 is 0 Å². The molecule has 0 saturated heterocycles. The van der Waals surface area contributed by atoms with E-state index in [-0.39, 0.29) is 6.61 Å². The molecule has 0 fully saturated rings. The van der Waals surface area contributed by atoms with Crippen LogP contribution in [0.3, 0.4) is 0 Å². The van der Waals surface area contributed by atoms with E-state index in [1.165, 1.54) is 0 Å². The minimum atomic E-state index is -0.497. The van der Waals surface area contributed by atoms with E-state index in [2.05, 4.69) is 4.99 Å². The van der Waals surface area contributed by atoms with Gasteiger partial charge in [0.2, 0.25) is 0 Å². The highest BCUT2D eigenvalue weighted by Gasteiger charge is 2.22. The monoisotopic (exact) mass is 146 g/mol. The molecule has 3 N–H and O–H groups in total. The first kappa shape index (κ1) is 9.39. The molecule has 0 heterocycles. The smallest absolute Gasteiger partial charge is 0.128 e. The van der Waals surface area contributed by atoms with Crippen molar-refractivity contribution in [2.24, 2.45) is 10.4 Å². The maximum atomic E-state index is 8.79. The van der Waals surface area contributed by atoms with Gasteiger partial charge in [0.1, 0.15) is 5.84 Å². The minimum absolute atomic E-state index is 0.0484. The number of aliphatic hydroxyl groups is 1. The predicted molar refractivity (Wildman–Crippen MR) is 39.1 cm³/mol. The van der Waals surface area contributed by atoms with Crippen LogP contribution in [-0.2, 0) is 0 Å². The fourth-order valence-electron chi connectivity index (χ4n) is 0.579. The number of hydroxylamine groups is 1. The summed E-state index contributed by atoms with van der Waals surface area (Å²) in [4.78, 5) is 3.74. The molecule has 10 heavy (non-hydrogen) atoms. The second-order valence-electron chi connectivity index (χ2n) is 2.73. The van der Waals surface area contributed by atoms with E-state index in [0.717, 1.165) is 0 Å². The van der Waals surface area contributed by atoms with E-state index in [4.69, 9.17) is 10.3 Å².